The molecule has 1 atom stereocenters. The molecule has 0 saturated carbocycles. The molecule has 152 valence electrons. The van der Waals surface area contributed by atoms with Crippen molar-refractivity contribution in [3.8, 4) is 22.8 Å². The number of thioether (sulfide) groups is 1. The van der Waals surface area contributed by atoms with Crippen molar-refractivity contribution in [2.45, 2.75) is 43.5 Å². The second-order valence-corrected chi connectivity index (χ2v) is 8.17. The number of carbonyl (C=O) groups excluding carboxylic acids is 1. The summed E-state index contributed by atoms with van der Waals surface area (Å²) >= 11 is 1.35. The highest BCUT2D eigenvalue weighted by Gasteiger charge is 2.23. The van der Waals surface area contributed by atoms with Crippen molar-refractivity contribution >= 4 is 17.7 Å². The maximum atomic E-state index is 11.8. The van der Waals surface area contributed by atoms with E-state index in [0.29, 0.717) is 23.3 Å². The molecule has 0 aliphatic carbocycles. The van der Waals surface area contributed by atoms with Crippen molar-refractivity contribution in [2.24, 2.45) is 5.73 Å². The molecule has 0 radical (unpaired) electrons. The van der Waals surface area contributed by atoms with Crippen molar-refractivity contribution in [1.29, 1.82) is 0 Å². The normalized spacial score (nSPS) is 12.2. The van der Waals surface area contributed by atoms with Gasteiger partial charge in [-0.25, -0.2) is 0 Å². The Morgan fingerprint density at radius 3 is 2.41 bits per heavy atom. The molecule has 1 unspecified atom stereocenters. The van der Waals surface area contributed by atoms with Gasteiger partial charge in [-0.05, 0) is 48.2 Å². The molecule has 3 aromatic rings. The molecule has 0 aliphatic rings. The van der Waals surface area contributed by atoms with Gasteiger partial charge in [-0.3, -0.25) is 9.36 Å². The Labute approximate surface area is 175 Å². The summed E-state index contributed by atoms with van der Waals surface area (Å²) in [6.07, 6.45) is 0.622. The summed E-state index contributed by atoms with van der Waals surface area (Å²) in [5.74, 6) is 1.45. The van der Waals surface area contributed by atoms with Crippen LogP contribution in [0.1, 0.15) is 38.7 Å². The summed E-state index contributed by atoms with van der Waals surface area (Å²) in [5.41, 5.74) is 8.67. The van der Waals surface area contributed by atoms with Gasteiger partial charge in [0.25, 0.3) is 0 Å². The molecule has 0 aliphatic heterocycles. The predicted octanol–water partition coefficient (Wildman–Crippen LogP) is 4.42. The molecule has 6 nitrogen and oxygen atoms in total. The summed E-state index contributed by atoms with van der Waals surface area (Å²) in [4.78, 5) is 11.8. The van der Waals surface area contributed by atoms with Crippen molar-refractivity contribution in [3.05, 3.63) is 54.1 Å². The summed E-state index contributed by atoms with van der Waals surface area (Å²) < 4.78 is 7.29. The van der Waals surface area contributed by atoms with E-state index in [2.05, 4.69) is 36.2 Å². The quantitative estimate of drug-likeness (QED) is 0.556. The number of nitrogens with zero attached hydrogens (tertiary/aromatic N) is 3. The van der Waals surface area contributed by atoms with E-state index < -0.39 is 0 Å². The van der Waals surface area contributed by atoms with E-state index in [1.807, 2.05) is 47.9 Å². The third kappa shape index (κ3) is 4.45. The average Bonchev–Trinajstić information content (AvgIpc) is 3.15. The SMILES string of the molecule is CCC(Sc1nnc(-c2ccc(OC)cc2)n1-c1ccccc1C(C)C)C(N)=O. The molecule has 0 fully saturated rings. The number of nitrogens with two attached hydrogens (primary N) is 1. The van der Waals surface area contributed by atoms with Crippen molar-refractivity contribution in [2.75, 3.05) is 7.11 Å². The Balaban J connectivity index is 2.18. The Morgan fingerprint density at radius 1 is 1.14 bits per heavy atom. The van der Waals surface area contributed by atoms with E-state index in [-0.39, 0.29) is 11.2 Å². The predicted molar refractivity (Wildman–Crippen MR) is 117 cm³/mol. The number of amides is 1. The minimum Gasteiger partial charge on any atom is -0.497 e. The number of aromatic nitrogens is 3. The van der Waals surface area contributed by atoms with Crippen molar-refractivity contribution in [3.63, 3.8) is 0 Å². The summed E-state index contributed by atoms with van der Waals surface area (Å²) in [7, 11) is 1.64. The third-order valence-electron chi connectivity index (χ3n) is 4.72. The first-order valence-electron chi connectivity index (χ1n) is 9.61. The van der Waals surface area contributed by atoms with Crippen LogP contribution in [0.5, 0.6) is 5.75 Å². The van der Waals surface area contributed by atoms with Gasteiger partial charge in [0.05, 0.1) is 18.0 Å². The number of rotatable bonds is 8. The van der Waals surface area contributed by atoms with Gasteiger partial charge in [0.1, 0.15) is 5.75 Å². The molecule has 1 heterocycles. The van der Waals surface area contributed by atoms with E-state index in [9.17, 15) is 4.79 Å². The Bertz CT molecular complexity index is 983. The van der Waals surface area contributed by atoms with Gasteiger partial charge in [-0.15, -0.1) is 10.2 Å². The van der Waals surface area contributed by atoms with Crippen LogP contribution in [0.15, 0.2) is 53.7 Å². The molecule has 0 bridgehead atoms. The number of benzene rings is 2. The Hall–Kier alpha value is -2.80. The standard InChI is InChI=1S/C22H26N4O2S/c1-5-19(20(23)27)29-22-25-24-21(15-10-12-16(28-4)13-11-15)26(22)18-9-7-6-8-17(18)14(2)3/h6-14,19H,5H2,1-4H3,(H2,23,27). The highest BCUT2D eigenvalue weighted by atomic mass is 32.2. The van der Waals surface area contributed by atoms with Gasteiger partial charge in [0.15, 0.2) is 11.0 Å². The van der Waals surface area contributed by atoms with Crippen molar-refractivity contribution < 1.29 is 9.53 Å². The molecule has 0 saturated heterocycles. The van der Waals surface area contributed by atoms with E-state index in [0.717, 1.165) is 17.0 Å². The first kappa shape index (κ1) is 20.9. The van der Waals surface area contributed by atoms with Gasteiger partial charge in [0.2, 0.25) is 5.91 Å². The maximum absolute atomic E-state index is 11.8. The van der Waals surface area contributed by atoms with Crippen LogP contribution in [0.25, 0.3) is 17.1 Å². The first-order chi connectivity index (χ1) is 14.0. The van der Waals surface area contributed by atoms with Crippen LogP contribution in [0, 0.1) is 0 Å². The zero-order chi connectivity index (χ0) is 21.0. The monoisotopic (exact) mass is 410 g/mol. The lowest BCUT2D eigenvalue weighted by Crippen LogP contribution is -2.25. The molecular weight excluding hydrogens is 384 g/mol. The second kappa shape index (κ2) is 9.13. The van der Waals surface area contributed by atoms with Gasteiger partial charge in [0, 0.05) is 5.56 Å². The second-order valence-electron chi connectivity index (χ2n) is 7.00. The van der Waals surface area contributed by atoms with E-state index in [1.54, 1.807) is 7.11 Å². The fourth-order valence-electron chi connectivity index (χ4n) is 3.14. The third-order valence-corrected chi connectivity index (χ3v) is 6.04. The van der Waals surface area contributed by atoms with E-state index >= 15 is 0 Å². The molecular formula is C22H26N4O2S. The minimum absolute atomic E-state index is 0.313. The fraction of sp³-hybridized carbons (Fsp3) is 0.318. The van der Waals surface area contributed by atoms with Crippen LogP contribution >= 0.6 is 11.8 Å². The summed E-state index contributed by atoms with van der Waals surface area (Å²) in [6, 6.07) is 15.9. The smallest absolute Gasteiger partial charge is 0.231 e. The van der Waals surface area contributed by atoms with E-state index in [4.69, 9.17) is 10.5 Å². The molecule has 3 rings (SSSR count). The lowest BCUT2D eigenvalue weighted by atomic mass is 10.0. The number of ether oxygens (including phenoxy) is 1. The lowest BCUT2D eigenvalue weighted by Gasteiger charge is -2.18. The Morgan fingerprint density at radius 2 is 1.83 bits per heavy atom. The van der Waals surface area contributed by atoms with Crippen LogP contribution in [-0.4, -0.2) is 33.0 Å². The minimum atomic E-state index is -0.368. The fourth-order valence-corrected chi connectivity index (χ4v) is 4.06. The van der Waals surface area contributed by atoms with Crippen LogP contribution < -0.4 is 10.5 Å². The van der Waals surface area contributed by atoms with E-state index in [1.165, 1.54) is 17.3 Å². The number of methoxy groups -OCH3 is 1. The largest absolute Gasteiger partial charge is 0.497 e. The highest BCUT2D eigenvalue weighted by molar-refractivity contribution is 8.00. The van der Waals surface area contributed by atoms with Gasteiger partial charge >= 0.3 is 0 Å². The number of hydrogen-bond acceptors (Lipinski definition) is 5. The maximum Gasteiger partial charge on any atom is 0.231 e. The topological polar surface area (TPSA) is 83.0 Å². The number of para-hydroxylation sites is 1. The lowest BCUT2D eigenvalue weighted by molar-refractivity contribution is -0.117. The zero-order valence-corrected chi connectivity index (χ0v) is 17.9. The average molecular weight is 411 g/mol. The highest BCUT2D eigenvalue weighted by Crippen LogP contribution is 2.34. The van der Waals surface area contributed by atoms with Crippen LogP contribution in [0.2, 0.25) is 0 Å². The Kier molecular flexibility index (Phi) is 6.59. The molecule has 1 amide bonds. The number of hydrogen-bond donors (Lipinski definition) is 1. The molecule has 2 aromatic carbocycles. The molecule has 7 heteroatoms. The first-order valence-corrected chi connectivity index (χ1v) is 10.5. The summed E-state index contributed by atoms with van der Waals surface area (Å²) in [5, 5.41) is 9.16. The van der Waals surface area contributed by atoms with Gasteiger partial charge in [-0.1, -0.05) is 50.7 Å². The zero-order valence-electron chi connectivity index (χ0n) is 17.1. The van der Waals surface area contributed by atoms with Crippen LogP contribution in [0.3, 0.4) is 0 Å². The number of primary amides is 1. The number of carbonyl (C=O) groups is 1. The van der Waals surface area contributed by atoms with Crippen LogP contribution in [0.4, 0.5) is 0 Å². The molecule has 0 spiro atoms. The molecule has 29 heavy (non-hydrogen) atoms. The molecule has 1 aromatic heterocycles. The van der Waals surface area contributed by atoms with Crippen molar-refractivity contribution in [1.82, 2.24) is 14.8 Å². The molecule has 2 N–H and O–H groups in total. The van der Waals surface area contributed by atoms with Crippen LogP contribution in [-0.2, 0) is 4.79 Å². The van der Waals surface area contributed by atoms with Gasteiger partial charge in [-0.2, -0.15) is 0 Å². The van der Waals surface area contributed by atoms with Gasteiger partial charge < -0.3 is 10.5 Å². The summed E-state index contributed by atoms with van der Waals surface area (Å²) in [6.45, 7) is 6.25.